The maximum Gasteiger partial charge on any atom is 0.240 e. The van der Waals surface area contributed by atoms with Gasteiger partial charge in [-0.15, -0.1) is 10.2 Å². The van der Waals surface area contributed by atoms with E-state index in [1.165, 1.54) is 17.8 Å². The summed E-state index contributed by atoms with van der Waals surface area (Å²) in [6.07, 6.45) is 0. The van der Waals surface area contributed by atoms with Gasteiger partial charge >= 0.3 is 0 Å². The number of nitrogen functional groups attached to an aromatic ring is 1. The summed E-state index contributed by atoms with van der Waals surface area (Å²) >= 11 is 1.40. The van der Waals surface area contributed by atoms with Crippen LogP contribution in [0.5, 0.6) is 0 Å². The molecule has 23 heavy (non-hydrogen) atoms. The molecule has 0 saturated carbocycles. The number of halogens is 1. The van der Waals surface area contributed by atoms with Crippen molar-refractivity contribution in [2.45, 2.75) is 24.3 Å². The first-order valence-corrected chi connectivity index (χ1v) is 7.75. The van der Waals surface area contributed by atoms with Crippen LogP contribution in [0.4, 0.5) is 10.3 Å². The highest BCUT2D eigenvalue weighted by atomic mass is 32.2. The highest BCUT2D eigenvalue weighted by Crippen LogP contribution is 2.33. The number of hydrogen-bond acceptors (Lipinski definition) is 7. The van der Waals surface area contributed by atoms with Gasteiger partial charge in [-0.25, -0.2) is 4.39 Å². The van der Waals surface area contributed by atoms with E-state index >= 15 is 0 Å². The Morgan fingerprint density at radius 2 is 2.13 bits per heavy atom. The Bertz CT molecular complexity index is 846. The summed E-state index contributed by atoms with van der Waals surface area (Å²) in [5, 5.41) is 12.2. The number of aryl methyl sites for hydroxylation is 1. The van der Waals surface area contributed by atoms with Crippen LogP contribution < -0.4 is 5.73 Å². The number of hydrogen-bond donors (Lipinski definition) is 1. The van der Waals surface area contributed by atoms with Gasteiger partial charge in [0.15, 0.2) is 5.16 Å². The van der Waals surface area contributed by atoms with E-state index in [1.54, 1.807) is 30.7 Å². The molecule has 0 aliphatic carbocycles. The first-order chi connectivity index (χ1) is 11.0. The molecule has 3 rings (SSSR count). The molecule has 0 radical (unpaired) electrons. The second-order valence-corrected chi connectivity index (χ2v) is 6.39. The number of benzene rings is 1. The minimum absolute atomic E-state index is 0.145. The lowest BCUT2D eigenvalue weighted by Gasteiger charge is -2.05. The average molecular weight is 334 g/mol. The van der Waals surface area contributed by atoms with Gasteiger partial charge < -0.3 is 10.3 Å². The van der Waals surface area contributed by atoms with Gasteiger partial charge in [-0.2, -0.15) is 4.98 Å². The minimum atomic E-state index is -0.300. The lowest BCUT2D eigenvalue weighted by atomic mass is 10.1. The van der Waals surface area contributed by atoms with Crippen LogP contribution in [0.3, 0.4) is 0 Å². The molecule has 2 N–H and O–H groups in total. The molecule has 2 heterocycles. The van der Waals surface area contributed by atoms with E-state index in [0.29, 0.717) is 33.9 Å². The molecule has 0 fully saturated rings. The van der Waals surface area contributed by atoms with Gasteiger partial charge in [0.1, 0.15) is 5.82 Å². The topological polar surface area (TPSA) is 95.6 Å². The second-order valence-electron chi connectivity index (χ2n) is 5.08. The molecular formula is C14H15FN6OS. The predicted octanol–water partition coefficient (Wildman–Crippen LogP) is 2.75. The number of rotatable bonds is 4. The second kappa shape index (κ2) is 5.99. The molecular weight excluding hydrogens is 319 g/mol. The molecule has 120 valence electrons. The zero-order valence-corrected chi connectivity index (χ0v) is 13.6. The fraction of sp³-hybridized carbons (Fsp3) is 0.286. The van der Waals surface area contributed by atoms with Gasteiger partial charge in [0.25, 0.3) is 0 Å². The zero-order chi connectivity index (χ0) is 16.6. The number of aromatic nitrogens is 5. The van der Waals surface area contributed by atoms with E-state index in [1.807, 2.05) is 6.92 Å². The van der Waals surface area contributed by atoms with Crippen molar-refractivity contribution in [2.75, 3.05) is 5.73 Å². The lowest BCUT2D eigenvalue weighted by Crippen LogP contribution is -1.99. The Hall–Kier alpha value is -2.42. The first-order valence-electron chi connectivity index (χ1n) is 6.87. The largest absolute Gasteiger partial charge is 0.368 e. The summed E-state index contributed by atoms with van der Waals surface area (Å²) in [4.78, 5) is 4.33. The molecule has 0 amide bonds. The highest BCUT2D eigenvalue weighted by molar-refractivity contribution is 7.99. The Labute approximate surface area is 136 Å². The van der Waals surface area contributed by atoms with E-state index in [-0.39, 0.29) is 11.1 Å². The Kier molecular flexibility index (Phi) is 4.03. The highest BCUT2D eigenvalue weighted by Gasteiger charge is 2.19. The molecule has 1 atom stereocenters. The Balaban J connectivity index is 1.80. The van der Waals surface area contributed by atoms with Crippen LogP contribution in [0.1, 0.15) is 23.6 Å². The van der Waals surface area contributed by atoms with E-state index in [0.717, 1.165) is 0 Å². The number of anilines is 1. The molecule has 0 saturated heterocycles. The summed E-state index contributed by atoms with van der Waals surface area (Å²) in [5.41, 5.74) is 6.79. The molecule has 0 unspecified atom stereocenters. The van der Waals surface area contributed by atoms with Crippen molar-refractivity contribution < 1.29 is 8.91 Å². The van der Waals surface area contributed by atoms with Crippen molar-refractivity contribution >= 4 is 17.7 Å². The third-order valence-corrected chi connectivity index (χ3v) is 4.49. The van der Waals surface area contributed by atoms with Crippen LogP contribution in [-0.4, -0.2) is 24.9 Å². The summed E-state index contributed by atoms with van der Waals surface area (Å²) < 4.78 is 20.6. The molecule has 9 heteroatoms. The summed E-state index contributed by atoms with van der Waals surface area (Å²) in [7, 11) is 1.78. The fourth-order valence-electron chi connectivity index (χ4n) is 1.89. The number of nitrogens with zero attached hydrogens (tertiary/aromatic N) is 5. The van der Waals surface area contributed by atoms with Gasteiger partial charge in [-0.05, 0) is 25.5 Å². The molecule has 0 bridgehead atoms. The van der Waals surface area contributed by atoms with Crippen LogP contribution in [0.25, 0.3) is 11.4 Å². The van der Waals surface area contributed by atoms with Crippen LogP contribution in [0, 0.1) is 12.7 Å². The van der Waals surface area contributed by atoms with Crippen molar-refractivity contribution in [2.24, 2.45) is 7.05 Å². The van der Waals surface area contributed by atoms with Crippen molar-refractivity contribution in [3.05, 3.63) is 35.5 Å². The SMILES string of the molecule is Cc1ccc(-c2noc([C@@H](C)Sc3nnc(N)n3C)n2)cc1F. The van der Waals surface area contributed by atoms with Crippen LogP contribution in [-0.2, 0) is 7.05 Å². The van der Waals surface area contributed by atoms with Gasteiger partial charge in [-0.1, -0.05) is 29.1 Å². The molecule has 0 aliphatic rings. The van der Waals surface area contributed by atoms with Gasteiger partial charge in [0, 0.05) is 12.6 Å². The quantitative estimate of drug-likeness (QED) is 0.733. The van der Waals surface area contributed by atoms with E-state index in [9.17, 15) is 4.39 Å². The number of thioether (sulfide) groups is 1. The monoisotopic (exact) mass is 334 g/mol. The average Bonchev–Trinajstić information content (AvgIpc) is 3.13. The molecule has 2 aromatic heterocycles. The van der Waals surface area contributed by atoms with Crippen molar-refractivity contribution in [1.82, 2.24) is 24.9 Å². The van der Waals surface area contributed by atoms with E-state index in [4.69, 9.17) is 10.3 Å². The summed E-state index contributed by atoms with van der Waals surface area (Å²) in [5.74, 6) is 0.809. The van der Waals surface area contributed by atoms with Crippen LogP contribution in [0.15, 0.2) is 27.9 Å². The smallest absolute Gasteiger partial charge is 0.240 e. The molecule has 0 spiro atoms. The molecule has 7 nitrogen and oxygen atoms in total. The maximum atomic E-state index is 13.6. The third kappa shape index (κ3) is 3.04. The van der Waals surface area contributed by atoms with Crippen molar-refractivity contribution in [3.63, 3.8) is 0 Å². The summed E-state index contributed by atoms with van der Waals surface area (Å²) in [6.45, 7) is 3.61. The fourth-order valence-corrected chi connectivity index (χ4v) is 2.74. The van der Waals surface area contributed by atoms with Crippen molar-refractivity contribution in [3.8, 4) is 11.4 Å². The maximum absolute atomic E-state index is 13.6. The minimum Gasteiger partial charge on any atom is -0.368 e. The van der Waals surface area contributed by atoms with E-state index in [2.05, 4.69) is 20.3 Å². The first kappa shape index (κ1) is 15.5. The standard InChI is InChI=1S/C14H15FN6OS/c1-7-4-5-9(6-10(7)15)11-17-12(22-20-11)8(2)23-14-19-18-13(16)21(14)3/h4-6,8H,1-3H3,(H2,16,18)/t8-/m1/s1. The van der Waals surface area contributed by atoms with E-state index < -0.39 is 0 Å². The van der Waals surface area contributed by atoms with Gasteiger partial charge in [-0.3, -0.25) is 4.57 Å². The predicted molar refractivity (Wildman–Crippen MR) is 84.1 cm³/mol. The summed E-state index contributed by atoms with van der Waals surface area (Å²) in [6, 6.07) is 4.83. The van der Waals surface area contributed by atoms with Gasteiger partial charge in [0.05, 0.1) is 5.25 Å². The lowest BCUT2D eigenvalue weighted by molar-refractivity contribution is 0.380. The normalized spacial score (nSPS) is 12.5. The number of nitrogens with two attached hydrogens (primary N) is 1. The van der Waals surface area contributed by atoms with Gasteiger partial charge in [0.2, 0.25) is 17.7 Å². The molecule has 0 aliphatic heterocycles. The Morgan fingerprint density at radius 1 is 1.35 bits per heavy atom. The third-order valence-electron chi connectivity index (χ3n) is 3.37. The zero-order valence-electron chi connectivity index (χ0n) is 12.8. The molecule has 1 aromatic carbocycles. The Morgan fingerprint density at radius 3 is 2.78 bits per heavy atom. The van der Waals surface area contributed by atoms with Crippen molar-refractivity contribution in [1.29, 1.82) is 0 Å². The van der Waals surface area contributed by atoms with Crippen LogP contribution >= 0.6 is 11.8 Å². The molecule has 3 aromatic rings. The van der Waals surface area contributed by atoms with Crippen LogP contribution in [0.2, 0.25) is 0 Å².